The van der Waals surface area contributed by atoms with Crippen molar-refractivity contribution in [2.24, 2.45) is 5.92 Å². The van der Waals surface area contributed by atoms with Crippen LogP contribution in [-0.2, 0) is 20.4 Å². The molecule has 0 radical (unpaired) electrons. The number of halogens is 3. The zero-order chi connectivity index (χ0) is 26.5. The Morgan fingerprint density at radius 1 is 1.19 bits per heavy atom. The minimum atomic E-state index is -4.63. The van der Waals surface area contributed by atoms with E-state index in [4.69, 9.17) is 9.47 Å². The summed E-state index contributed by atoms with van der Waals surface area (Å²) in [5.41, 5.74) is 2.30. The van der Waals surface area contributed by atoms with Crippen LogP contribution in [0.2, 0.25) is 0 Å². The van der Waals surface area contributed by atoms with E-state index < -0.39 is 12.0 Å². The van der Waals surface area contributed by atoms with E-state index in [0.29, 0.717) is 11.6 Å². The molecule has 11 heteroatoms. The number of alkyl halides is 3. The van der Waals surface area contributed by atoms with Gasteiger partial charge < -0.3 is 19.7 Å². The smallest absolute Gasteiger partial charge is 0.451 e. The first kappa shape index (κ1) is 27.8. The summed E-state index contributed by atoms with van der Waals surface area (Å²) in [6, 6.07) is 6.05. The number of aromatic amines is 1. The van der Waals surface area contributed by atoms with Gasteiger partial charge in [0.05, 0.1) is 31.0 Å². The fourth-order valence-corrected chi connectivity index (χ4v) is 4.66. The van der Waals surface area contributed by atoms with Crippen molar-refractivity contribution in [3.8, 4) is 0 Å². The molecule has 0 spiro atoms. The number of carbonyl (C=O) groups excluding carboxylic acids is 1. The standard InChI is InChI=1S/C25H36F3N5O3/c1-15(2)14-33(18-7-9-19(35-4)10-8-18)21-11-6-17(16(3)12-22(34)36-5)13-20(21)29-24-30-23(31-32-24)25(26,27)28/h6,11,13,15-16,18-19H,7-10,12,14H2,1-5H3,(H2,29,30,31,32)/t16?,18-,19+. The summed E-state index contributed by atoms with van der Waals surface area (Å²) in [6.07, 6.45) is -0.407. The molecule has 1 atom stereocenters. The lowest BCUT2D eigenvalue weighted by molar-refractivity contribution is -0.144. The number of nitrogens with one attached hydrogen (secondary N) is 2. The quantitative estimate of drug-likeness (QED) is 0.398. The van der Waals surface area contributed by atoms with Gasteiger partial charge in [0.15, 0.2) is 0 Å². The SMILES string of the molecule is COC(=O)CC(C)c1ccc(N(CC(C)C)[C@H]2CC[C@@H](OC)CC2)c(Nc2n[nH]c(C(F)(F)F)n2)c1. The predicted octanol–water partition coefficient (Wildman–Crippen LogP) is 5.65. The molecule has 0 bridgehead atoms. The Hall–Kier alpha value is -2.82. The van der Waals surface area contributed by atoms with Crippen LogP contribution >= 0.6 is 0 Å². The number of nitrogens with zero attached hydrogens (tertiary/aromatic N) is 3. The highest BCUT2D eigenvalue weighted by molar-refractivity contribution is 5.76. The third kappa shape index (κ3) is 7.11. The molecule has 1 aliphatic carbocycles. The second kappa shape index (κ2) is 11.9. The van der Waals surface area contributed by atoms with E-state index >= 15 is 0 Å². The number of esters is 1. The molecule has 1 aromatic carbocycles. The van der Waals surface area contributed by atoms with Gasteiger partial charge in [-0.25, -0.2) is 0 Å². The first-order chi connectivity index (χ1) is 17.0. The Morgan fingerprint density at radius 3 is 2.44 bits per heavy atom. The van der Waals surface area contributed by atoms with E-state index in [9.17, 15) is 18.0 Å². The Labute approximate surface area is 209 Å². The number of methoxy groups -OCH3 is 2. The summed E-state index contributed by atoms with van der Waals surface area (Å²) in [7, 11) is 3.08. The first-order valence-electron chi connectivity index (χ1n) is 12.3. The molecule has 36 heavy (non-hydrogen) atoms. The van der Waals surface area contributed by atoms with Gasteiger partial charge in [0.1, 0.15) is 0 Å². The molecule has 3 rings (SSSR count). The van der Waals surface area contributed by atoms with Crippen molar-refractivity contribution in [3.05, 3.63) is 29.6 Å². The van der Waals surface area contributed by atoms with Crippen LogP contribution in [0.3, 0.4) is 0 Å². The summed E-state index contributed by atoms with van der Waals surface area (Å²) >= 11 is 0. The fraction of sp³-hybridized carbons (Fsp3) is 0.640. The molecule has 1 aliphatic rings. The normalized spacial score (nSPS) is 19.2. The lowest BCUT2D eigenvalue weighted by Gasteiger charge is -2.40. The number of rotatable bonds is 10. The molecule has 1 saturated carbocycles. The van der Waals surface area contributed by atoms with Crippen molar-refractivity contribution < 1.29 is 27.4 Å². The van der Waals surface area contributed by atoms with Crippen LogP contribution in [-0.4, -0.2) is 54.1 Å². The third-order valence-corrected chi connectivity index (χ3v) is 6.58. The molecule has 1 fully saturated rings. The van der Waals surface area contributed by atoms with Crippen molar-refractivity contribution in [1.82, 2.24) is 15.2 Å². The molecular weight excluding hydrogens is 475 g/mol. The minimum Gasteiger partial charge on any atom is -0.469 e. The molecule has 2 N–H and O–H groups in total. The molecule has 200 valence electrons. The topological polar surface area (TPSA) is 92.4 Å². The van der Waals surface area contributed by atoms with Gasteiger partial charge in [-0.1, -0.05) is 26.8 Å². The van der Waals surface area contributed by atoms with Gasteiger partial charge in [-0.2, -0.15) is 18.2 Å². The summed E-state index contributed by atoms with van der Waals surface area (Å²) in [5.74, 6) is -1.47. The van der Waals surface area contributed by atoms with Gasteiger partial charge in [0.25, 0.3) is 0 Å². The van der Waals surface area contributed by atoms with Gasteiger partial charge >= 0.3 is 12.1 Å². The Morgan fingerprint density at radius 2 is 1.89 bits per heavy atom. The maximum Gasteiger partial charge on any atom is 0.451 e. The fourth-order valence-electron chi connectivity index (χ4n) is 4.66. The molecule has 1 aromatic heterocycles. The predicted molar refractivity (Wildman–Crippen MR) is 131 cm³/mol. The van der Waals surface area contributed by atoms with Crippen LogP contribution in [0.5, 0.6) is 0 Å². The highest BCUT2D eigenvalue weighted by atomic mass is 19.4. The minimum absolute atomic E-state index is 0.152. The van der Waals surface area contributed by atoms with Crippen molar-refractivity contribution in [3.63, 3.8) is 0 Å². The number of ether oxygens (including phenoxy) is 2. The van der Waals surface area contributed by atoms with Gasteiger partial charge in [-0.05, 0) is 55.2 Å². The third-order valence-electron chi connectivity index (χ3n) is 6.58. The van der Waals surface area contributed by atoms with E-state index in [1.165, 1.54) is 7.11 Å². The summed E-state index contributed by atoms with van der Waals surface area (Å²) in [4.78, 5) is 17.8. The second-order valence-corrected chi connectivity index (χ2v) is 9.80. The van der Waals surface area contributed by atoms with Crippen molar-refractivity contribution in [2.75, 3.05) is 31.0 Å². The Kier molecular flexibility index (Phi) is 9.21. The van der Waals surface area contributed by atoms with Crippen LogP contribution in [0, 0.1) is 5.92 Å². The van der Waals surface area contributed by atoms with Crippen molar-refractivity contribution >= 4 is 23.3 Å². The number of hydrogen-bond acceptors (Lipinski definition) is 7. The van der Waals surface area contributed by atoms with Crippen LogP contribution in [0.1, 0.15) is 70.2 Å². The average molecular weight is 512 g/mol. The molecule has 2 aromatic rings. The lowest BCUT2D eigenvalue weighted by Crippen LogP contribution is -2.41. The molecule has 8 nitrogen and oxygen atoms in total. The number of aromatic nitrogens is 3. The number of benzene rings is 1. The first-order valence-corrected chi connectivity index (χ1v) is 12.3. The Bertz CT molecular complexity index is 1000. The van der Waals surface area contributed by atoms with Gasteiger partial charge in [0.2, 0.25) is 11.8 Å². The highest BCUT2D eigenvalue weighted by Gasteiger charge is 2.35. The van der Waals surface area contributed by atoms with E-state index in [-0.39, 0.29) is 36.4 Å². The second-order valence-electron chi connectivity index (χ2n) is 9.80. The molecule has 0 aliphatic heterocycles. The summed E-state index contributed by atoms with van der Waals surface area (Å²) in [6.45, 7) is 6.95. The summed E-state index contributed by atoms with van der Waals surface area (Å²) in [5, 5.41) is 8.69. The van der Waals surface area contributed by atoms with E-state index in [0.717, 1.165) is 43.5 Å². The van der Waals surface area contributed by atoms with E-state index in [2.05, 4.69) is 34.1 Å². The number of hydrogen-bond donors (Lipinski definition) is 2. The van der Waals surface area contributed by atoms with Crippen molar-refractivity contribution in [2.45, 2.75) is 77.1 Å². The maximum atomic E-state index is 13.1. The zero-order valence-corrected chi connectivity index (χ0v) is 21.5. The van der Waals surface area contributed by atoms with Gasteiger partial charge in [0, 0.05) is 19.7 Å². The van der Waals surface area contributed by atoms with E-state index in [1.54, 1.807) is 7.11 Å². The van der Waals surface area contributed by atoms with Gasteiger partial charge in [-0.3, -0.25) is 9.89 Å². The number of H-pyrrole nitrogens is 1. The molecule has 1 heterocycles. The van der Waals surface area contributed by atoms with Crippen LogP contribution in [0.15, 0.2) is 18.2 Å². The van der Waals surface area contributed by atoms with Crippen LogP contribution < -0.4 is 10.2 Å². The maximum absolute atomic E-state index is 13.1. The molecule has 1 unspecified atom stereocenters. The lowest BCUT2D eigenvalue weighted by atomic mass is 9.90. The largest absolute Gasteiger partial charge is 0.469 e. The monoisotopic (exact) mass is 511 g/mol. The Balaban J connectivity index is 1.99. The van der Waals surface area contributed by atoms with Crippen LogP contribution in [0.25, 0.3) is 0 Å². The molecule has 0 saturated heterocycles. The van der Waals surface area contributed by atoms with E-state index in [1.807, 2.05) is 30.2 Å². The number of carbonyl (C=O) groups is 1. The number of anilines is 3. The average Bonchev–Trinajstić information content (AvgIpc) is 3.32. The van der Waals surface area contributed by atoms with Crippen molar-refractivity contribution in [1.29, 1.82) is 0 Å². The van der Waals surface area contributed by atoms with Gasteiger partial charge in [-0.15, -0.1) is 5.10 Å². The molecule has 0 amide bonds. The van der Waals surface area contributed by atoms with Crippen LogP contribution in [0.4, 0.5) is 30.5 Å². The summed E-state index contributed by atoms with van der Waals surface area (Å²) < 4.78 is 49.6. The highest BCUT2D eigenvalue weighted by Crippen LogP contribution is 2.37. The zero-order valence-electron chi connectivity index (χ0n) is 21.5. The molecular formula is C25H36F3N5O3.